The maximum Gasteiger partial charge on any atom is 0.250 e. The van der Waals surface area contributed by atoms with Gasteiger partial charge >= 0.3 is 0 Å². The monoisotopic (exact) mass is 345 g/mol. The van der Waals surface area contributed by atoms with Crippen molar-refractivity contribution in [2.45, 2.75) is 32.0 Å². The maximum atomic E-state index is 13.9. The Bertz CT molecular complexity index is 699. The summed E-state index contributed by atoms with van der Waals surface area (Å²) in [5.41, 5.74) is 1.28. The molecule has 0 saturated carbocycles. The third-order valence-electron chi connectivity index (χ3n) is 5.03. The van der Waals surface area contributed by atoms with Crippen LogP contribution in [-0.4, -0.2) is 46.9 Å². The van der Waals surface area contributed by atoms with Crippen LogP contribution in [-0.2, 0) is 17.8 Å². The highest BCUT2D eigenvalue weighted by Gasteiger charge is 2.26. The summed E-state index contributed by atoms with van der Waals surface area (Å²) in [4.78, 5) is 6.48. The zero-order chi connectivity index (χ0) is 17.1. The van der Waals surface area contributed by atoms with E-state index in [-0.39, 0.29) is 12.0 Å². The van der Waals surface area contributed by atoms with Crippen LogP contribution in [0.5, 0.6) is 5.88 Å². The molecule has 1 unspecified atom stereocenters. The minimum absolute atomic E-state index is 0.0918. The Kier molecular flexibility index (Phi) is 4.99. The Morgan fingerprint density at radius 3 is 2.92 bits per heavy atom. The highest BCUT2D eigenvalue weighted by molar-refractivity contribution is 5.14. The van der Waals surface area contributed by atoms with Crippen LogP contribution in [0.3, 0.4) is 0 Å². The van der Waals surface area contributed by atoms with E-state index in [1.54, 1.807) is 12.3 Å². The molecule has 2 aromatic heterocycles. The lowest BCUT2D eigenvalue weighted by molar-refractivity contribution is 0.0434. The summed E-state index contributed by atoms with van der Waals surface area (Å²) in [6.07, 6.45) is 5.72. The van der Waals surface area contributed by atoms with Crippen molar-refractivity contribution >= 4 is 0 Å². The predicted octanol–water partition coefficient (Wildman–Crippen LogP) is 2.71. The number of aromatic nitrogens is 2. The quantitative estimate of drug-likeness (QED) is 0.854. The van der Waals surface area contributed by atoms with Crippen molar-refractivity contribution in [1.29, 1.82) is 0 Å². The third-order valence-corrected chi connectivity index (χ3v) is 5.03. The lowest BCUT2D eigenvalue weighted by atomic mass is 9.99. The topological polar surface area (TPSA) is 39.5 Å². The zero-order valence-corrected chi connectivity index (χ0v) is 14.3. The van der Waals surface area contributed by atoms with Gasteiger partial charge in [-0.1, -0.05) is 0 Å². The molecule has 5 nitrogen and oxygen atoms in total. The molecule has 2 aliphatic rings. The fraction of sp³-hybridized carbons (Fsp3) is 0.526. The number of rotatable bonds is 4. The van der Waals surface area contributed by atoms with Crippen LogP contribution in [0, 0.1) is 11.7 Å². The number of nitrogens with zero attached hydrogens (tertiary/aromatic N) is 3. The van der Waals surface area contributed by atoms with Crippen molar-refractivity contribution in [3.8, 4) is 5.88 Å². The van der Waals surface area contributed by atoms with Gasteiger partial charge in [-0.05, 0) is 43.0 Å². The number of hydrogen-bond acceptors (Lipinski definition) is 4. The second-order valence-corrected chi connectivity index (χ2v) is 6.93. The molecule has 1 atom stereocenters. The summed E-state index contributed by atoms with van der Waals surface area (Å²) in [5, 5.41) is 0. The SMILES string of the molecule is Fc1cccnc1OC1CN(CC2CCOCC2)Cc2cccn2C1. The fourth-order valence-electron chi connectivity index (χ4n) is 3.75. The molecule has 4 rings (SSSR count). The lowest BCUT2D eigenvalue weighted by Gasteiger charge is -2.30. The second-order valence-electron chi connectivity index (χ2n) is 6.93. The Hall–Kier alpha value is -1.92. The molecule has 0 N–H and O–H groups in total. The highest BCUT2D eigenvalue weighted by Crippen LogP contribution is 2.22. The van der Waals surface area contributed by atoms with Crippen LogP contribution in [0.1, 0.15) is 18.5 Å². The van der Waals surface area contributed by atoms with Crippen LogP contribution in [0.25, 0.3) is 0 Å². The molecule has 0 spiro atoms. The van der Waals surface area contributed by atoms with Gasteiger partial charge in [-0.3, -0.25) is 4.90 Å². The van der Waals surface area contributed by atoms with Crippen molar-refractivity contribution in [2.75, 3.05) is 26.3 Å². The number of halogens is 1. The predicted molar refractivity (Wildman–Crippen MR) is 91.9 cm³/mol. The van der Waals surface area contributed by atoms with E-state index < -0.39 is 5.82 Å². The molecule has 2 aliphatic heterocycles. The maximum absolute atomic E-state index is 13.9. The molecule has 0 aromatic carbocycles. The van der Waals surface area contributed by atoms with Gasteiger partial charge in [-0.25, -0.2) is 9.37 Å². The van der Waals surface area contributed by atoms with Gasteiger partial charge in [0.1, 0.15) is 6.10 Å². The summed E-state index contributed by atoms with van der Waals surface area (Å²) in [6, 6.07) is 7.18. The first-order valence-electron chi connectivity index (χ1n) is 8.99. The van der Waals surface area contributed by atoms with Crippen molar-refractivity contribution in [2.24, 2.45) is 5.92 Å². The van der Waals surface area contributed by atoms with Gasteiger partial charge in [0, 0.05) is 50.9 Å². The summed E-state index contributed by atoms with van der Waals surface area (Å²) >= 11 is 0. The Morgan fingerprint density at radius 1 is 1.20 bits per heavy atom. The fourth-order valence-corrected chi connectivity index (χ4v) is 3.75. The van der Waals surface area contributed by atoms with Crippen molar-refractivity contribution in [3.63, 3.8) is 0 Å². The Balaban J connectivity index is 1.49. The van der Waals surface area contributed by atoms with Crippen molar-refractivity contribution in [3.05, 3.63) is 48.2 Å². The van der Waals surface area contributed by atoms with E-state index in [0.717, 1.165) is 45.7 Å². The first kappa shape index (κ1) is 16.5. The number of hydrogen-bond donors (Lipinski definition) is 0. The molecule has 25 heavy (non-hydrogen) atoms. The van der Waals surface area contributed by atoms with Crippen molar-refractivity contribution < 1.29 is 13.9 Å². The van der Waals surface area contributed by atoms with Gasteiger partial charge in [-0.2, -0.15) is 0 Å². The molecular weight excluding hydrogens is 321 g/mol. The third kappa shape index (κ3) is 4.02. The smallest absolute Gasteiger partial charge is 0.250 e. The van der Waals surface area contributed by atoms with Crippen LogP contribution >= 0.6 is 0 Å². The first-order chi connectivity index (χ1) is 12.3. The van der Waals surface area contributed by atoms with E-state index in [0.29, 0.717) is 12.5 Å². The highest BCUT2D eigenvalue weighted by atomic mass is 19.1. The van der Waals surface area contributed by atoms with Crippen LogP contribution in [0.2, 0.25) is 0 Å². The summed E-state index contributed by atoms with van der Waals surface area (Å²) in [6.45, 7) is 5.12. The Morgan fingerprint density at radius 2 is 2.08 bits per heavy atom. The molecule has 2 aromatic rings. The zero-order valence-electron chi connectivity index (χ0n) is 14.3. The molecule has 0 aliphatic carbocycles. The molecule has 0 radical (unpaired) electrons. The van der Waals surface area contributed by atoms with E-state index in [9.17, 15) is 4.39 Å². The molecule has 1 saturated heterocycles. The normalized spacial score (nSPS) is 22.4. The summed E-state index contributed by atoms with van der Waals surface area (Å²) in [5.74, 6) is 0.340. The van der Waals surface area contributed by atoms with Gasteiger partial charge in [0.2, 0.25) is 0 Å². The van der Waals surface area contributed by atoms with Crippen LogP contribution < -0.4 is 4.74 Å². The van der Waals surface area contributed by atoms with E-state index in [1.165, 1.54) is 11.8 Å². The standard InChI is InChI=1S/C19H24FN3O2/c20-18-4-1-7-21-19(18)25-17-13-22(11-15-5-9-24-10-6-15)12-16-3-2-8-23(16)14-17/h1-4,7-8,15,17H,5-6,9-14H2. The average molecular weight is 345 g/mol. The average Bonchev–Trinajstić information content (AvgIpc) is 2.98. The summed E-state index contributed by atoms with van der Waals surface area (Å²) < 4.78 is 27.5. The first-order valence-corrected chi connectivity index (χ1v) is 8.99. The molecule has 0 bridgehead atoms. The molecule has 6 heteroatoms. The largest absolute Gasteiger partial charge is 0.469 e. The van der Waals surface area contributed by atoms with Crippen LogP contribution in [0.15, 0.2) is 36.7 Å². The Labute approximate surface area is 147 Å². The van der Waals surface area contributed by atoms with E-state index in [4.69, 9.17) is 9.47 Å². The van der Waals surface area contributed by atoms with E-state index >= 15 is 0 Å². The minimum Gasteiger partial charge on any atom is -0.469 e. The van der Waals surface area contributed by atoms with E-state index in [2.05, 4.69) is 32.8 Å². The number of ether oxygens (including phenoxy) is 2. The lowest BCUT2D eigenvalue weighted by Crippen LogP contribution is -2.38. The molecule has 1 fully saturated rings. The minimum atomic E-state index is -0.407. The molecular formula is C19H24FN3O2. The van der Waals surface area contributed by atoms with Gasteiger partial charge in [0.15, 0.2) is 5.82 Å². The number of pyridine rings is 1. The van der Waals surface area contributed by atoms with Crippen molar-refractivity contribution in [1.82, 2.24) is 14.5 Å². The molecule has 0 amide bonds. The second kappa shape index (κ2) is 7.54. The molecule has 134 valence electrons. The number of fused-ring (bicyclic) bond motifs is 1. The summed E-state index contributed by atoms with van der Waals surface area (Å²) in [7, 11) is 0. The van der Waals surface area contributed by atoms with Gasteiger partial charge in [-0.15, -0.1) is 0 Å². The van der Waals surface area contributed by atoms with E-state index in [1.807, 2.05) is 0 Å². The van der Waals surface area contributed by atoms with Gasteiger partial charge < -0.3 is 14.0 Å². The molecule has 4 heterocycles. The van der Waals surface area contributed by atoms with Gasteiger partial charge in [0.05, 0.1) is 6.54 Å². The van der Waals surface area contributed by atoms with Gasteiger partial charge in [0.25, 0.3) is 5.88 Å². The van der Waals surface area contributed by atoms with Crippen LogP contribution in [0.4, 0.5) is 4.39 Å².